The van der Waals surface area contributed by atoms with Gasteiger partial charge in [0.25, 0.3) is 0 Å². The number of carbonyl (C=O) groups is 1. The largest absolute Gasteiger partial charge is 0.420 e. The number of halogens is 3. The van der Waals surface area contributed by atoms with Gasteiger partial charge in [-0.05, 0) is 26.1 Å². The molecule has 0 aromatic heterocycles. The summed E-state index contributed by atoms with van der Waals surface area (Å²) >= 11 is 0. The van der Waals surface area contributed by atoms with E-state index in [1.807, 2.05) is 6.92 Å². The Labute approximate surface area is 95.3 Å². The van der Waals surface area contributed by atoms with Crippen LogP contribution < -0.4 is 0 Å². The second kappa shape index (κ2) is 5.81. The lowest BCUT2D eigenvalue weighted by Gasteiger charge is -2.27. The average molecular weight is 256 g/mol. The van der Waals surface area contributed by atoms with E-state index in [4.69, 9.17) is 4.43 Å². The van der Waals surface area contributed by atoms with Crippen molar-refractivity contribution in [3.63, 3.8) is 0 Å². The number of unbranched alkanes of at least 4 members (excludes halogenated alkanes) is 1. The molecule has 96 valence electrons. The minimum atomic E-state index is -4.59. The highest BCUT2D eigenvalue weighted by molar-refractivity contribution is 6.69. The number of Topliss-reactive ketones (excluding diaryl/α,β-unsaturated/α-hetero) is 1. The predicted octanol–water partition coefficient (Wildman–Crippen LogP) is 3.53. The van der Waals surface area contributed by atoms with Gasteiger partial charge in [0.2, 0.25) is 6.10 Å². The van der Waals surface area contributed by atoms with Gasteiger partial charge in [-0.2, -0.15) is 13.2 Å². The highest BCUT2D eigenvalue weighted by Crippen LogP contribution is 2.27. The quantitative estimate of drug-likeness (QED) is 0.680. The van der Waals surface area contributed by atoms with E-state index in [0.717, 1.165) is 0 Å². The van der Waals surface area contributed by atoms with Crippen LogP contribution in [-0.2, 0) is 9.22 Å². The maximum atomic E-state index is 12.6. The smallest absolute Gasteiger partial charge is 0.400 e. The molecule has 1 atom stereocenters. The summed E-state index contributed by atoms with van der Waals surface area (Å²) in [4.78, 5) is 11.4. The minimum absolute atomic E-state index is 0.0643. The molecule has 0 heterocycles. The molecule has 6 heteroatoms. The monoisotopic (exact) mass is 256 g/mol. The van der Waals surface area contributed by atoms with Gasteiger partial charge in [-0.25, -0.2) is 0 Å². The third kappa shape index (κ3) is 6.27. The van der Waals surface area contributed by atoms with Crippen LogP contribution in [0.15, 0.2) is 0 Å². The van der Waals surface area contributed by atoms with E-state index in [0.29, 0.717) is 12.8 Å². The first-order valence-corrected chi connectivity index (χ1v) is 8.76. The highest BCUT2D eigenvalue weighted by Gasteiger charge is 2.47. The van der Waals surface area contributed by atoms with E-state index in [9.17, 15) is 18.0 Å². The molecule has 0 aliphatic heterocycles. The molecule has 0 fully saturated rings. The van der Waals surface area contributed by atoms with Gasteiger partial charge in [-0.1, -0.05) is 13.3 Å². The highest BCUT2D eigenvalue weighted by atomic mass is 28.4. The molecular formula is C10H19F3O2Si. The van der Waals surface area contributed by atoms with Crippen LogP contribution in [0.2, 0.25) is 19.6 Å². The molecule has 0 bridgehead atoms. The second-order valence-corrected chi connectivity index (χ2v) is 9.18. The van der Waals surface area contributed by atoms with Crippen molar-refractivity contribution in [1.29, 1.82) is 0 Å². The van der Waals surface area contributed by atoms with Crippen LogP contribution in [0.3, 0.4) is 0 Å². The lowest BCUT2D eigenvalue weighted by molar-refractivity contribution is -0.199. The number of hydrogen-bond acceptors (Lipinski definition) is 2. The van der Waals surface area contributed by atoms with Crippen molar-refractivity contribution in [2.75, 3.05) is 0 Å². The van der Waals surface area contributed by atoms with Crippen LogP contribution >= 0.6 is 0 Å². The lowest BCUT2D eigenvalue weighted by Crippen LogP contribution is -2.45. The molecule has 2 nitrogen and oxygen atoms in total. The van der Waals surface area contributed by atoms with Gasteiger partial charge in [-0.3, -0.25) is 4.79 Å². The zero-order valence-corrected chi connectivity index (χ0v) is 11.1. The van der Waals surface area contributed by atoms with Crippen LogP contribution in [0.1, 0.15) is 26.2 Å². The first-order valence-electron chi connectivity index (χ1n) is 5.35. The standard InChI is InChI=1S/C10H19F3O2Si/c1-5-6-7-8(14)9(10(11,12)13)15-16(2,3)4/h9H,5-7H2,1-4H3. The Morgan fingerprint density at radius 1 is 1.31 bits per heavy atom. The van der Waals surface area contributed by atoms with Gasteiger partial charge in [0.05, 0.1) is 0 Å². The predicted molar refractivity (Wildman–Crippen MR) is 58.8 cm³/mol. The molecule has 0 saturated carbocycles. The number of hydrogen-bond donors (Lipinski definition) is 0. The lowest BCUT2D eigenvalue weighted by atomic mass is 10.1. The normalized spacial score (nSPS) is 14.9. The summed E-state index contributed by atoms with van der Waals surface area (Å²) in [7, 11) is -2.37. The molecule has 0 saturated heterocycles. The van der Waals surface area contributed by atoms with E-state index in [2.05, 4.69) is 0 Å². The van der Waals surface area contributed by atoms with Crippen molar-refractivity contribution < 1.29 is 22.4 Å². The van der Waals surface area contributed by atoms with Crippen LogP contribution in [0.4, 0.5) is 13.2 Å². The molecule has 1 unspecified atom stereocenters. The molecular weight excluding hydrogens is 237 g/mol. The van der Waals surface area contributed by atoms with Gasteiger partial charge >= 0.3 is 6.18 Å². The third-order valence-electron chi connectivity index (χ3n) is 1.84. The van der Waals surface area contributed by atoms with Crippen molar-refractivity contribution in [2.24, 2.45) is 0 Å². The zero-order chi connectivity index (χ0) is 13.0. The number of ketones is 1. The van der Waals surface area contributed by atoms with Crippen molar-refractivity contribution in [3.8, 4) is 0 Å². The molecule has 0 aliphatic carbocycles. The summed E-state index contributed by atoms with van der Waals surface area (Å²) in [5.74, 6) is -0.850. The summed E-state index contributed by atoms with van der Waals surface area (Å²) < 4.78 is 42.7. The molecule has 0 rings (SSSR count). The Morgan fingerprint density at radius 2 is 1.81 bits per heavy atom. The van der Waals surface area contributed by atoms with Gasteiger partial charge in [0.15, 0.2) is 14.1 Å². The molecule has 0 aliphatic rings. The van der Waals surface area contributed by atoms with Gasteiger partial charge in [0.1, 0.15) is 0 Å². The van der Waals surface area contributed by atoms with Crippen LogP contribution in [0, 0.1) is 0 Å². The van der Waals surface area contributed by atoms with Crippen molar-refractivity contribution in [1.82, 2.24) is 0 Å². The Balaban J connectivity index is 4.62. The van der Waals surface area contributed by atoms with Crippen LogP contribution in [0.25, 0.3) is 0 Å². The van der Waals surface area contributed by atoms with E-state index in [-0.39, 0.29) is 6.42 Å². The summed E-state index contributed by atoms with van der Waals surface area (Å²) in [6.45, 7) is 6.74. The van der Waals surface area contributed by atoms with Crippen molar-refractivity contribution >= 4 is 14.1 Å². The van der Waals surface area contributed by atoms with Gasteiger partial charge in [0, 0.05) is 6.42 Å². The third-order valence-corrected chi connectivity index (χ3v) is 2.78. The number of rotatable bonds is 6. The average Bonchev–Trinajstić information content (AvgIpc) is 2.07. The summed E-state index contributed by atoms with van der Waals surface area (Å²) in [5.41, 5.74) is 0. The Morgan fingerprint density at radius 3 is 2.12 bits per heavy atom. The maximum Gasteiger partial charge on any atom is 0.420 e. The fraction of sp³-hybridized carbons (Fsp3) is 0.900. The Bertz CT molecular complexity index is 233. The fourth-order valence-electron chi connectivity index (χ4n) is 1.15. The molecule has 0 aromatic rings. The topological polar surface area (TPSA) is 26.3 Å². The summed E-state index contributed by atoms with van der Waals surface area (Å²) in [6.07, 6.45) is -5.72. The van der Waals surface area contributed by atoms with Gasteiger partial charge in [-0.15, -0.1) is 0 Å². The summed E-state index contributed by atoms with van der Waals surface area (Å²) in [5, 5.41) is 0. The Hall–Kier alpha value is -0.363. The molecule has 16 heavy (non-hydrogen) atoms. The van der Waals surface area contributed by atoms with E-state index < -0.39 is 26.4 Å². The van der Waals surface area contributed by atoms with Crippen LogP contribution in [-0.4, -0.2) is 26.4 Å². The molecule has 0 N–H and O–H groups in total. The van der Waals surface area contributed by atoms with E-state index in [1.54, 1.807) is 19.6 Å². The molecule has 0 spiro atoms. The Kier molecular flexibility index (Phi) is 5.68. The van der Waals surface area contributed by atoms with E-state index in [1.165, 1.54) is 0 Å². The summed E-state index contributed by atoms with van der Waals surface area (Å²) in [6, 6.07) is 0. The second-order valence-electron chi connectivity index (χ2n) is 4.72. The van der Waals surface area contributed by atoms with Crippen molar-refractivity contribution in [3.05, 3.63) is 0 Å². The first kappa shape index (κ1) is 15.6. The molecule has 0 aromatic carbocycles. The molecule has 0 amide bonds. The maximum absolute atomic E-state index is 12.6. The van der Waals surface area contributed by atoms with E-state index >= 15 is 0 Å². The SMILES string of the molecule is CCCCC(=O)C(O[Si](C)(C)C)C(F)(F)F. The van der Waals surface area contributed by atoms with Crippen LogP contribution in [0.5, 0.6) is 0 Å². The molecule has 0 radical (unpaired) electrons. The van der Waals surface area contributed by atoms with Gasteiger partial charge < -0.3 is 4.43 Å². The first-order chi connectivity index (χ1) is 7.08. The number of alkyl halides is 3. The number of carbonyl (C=O) groups excluding carboxylic acids is 1. The fourth-order valence-corrected chi connectivity index (χ4v) is 2.12. The van der Waals surface area contributed by atoms with Crippen molar-refractivity contribution in [2.45, 2.75) is 58.1 Å². The zero-order valence-electron chi connectivity index (χ0n) is 10.1. The minimum Gasteiger partial charge on any atom is -0.400 e.